The summed E-state index contributed by atoms with van der Waals surface area (Å²) in [5, 5.41) is 0. The van der Waals surface area contributed by atoms with Crippen LogP contribution in [0.1, 0.15) is 103 Å². The van der Waals surface area contributed by atoms with E-state index in [1.54, 1.807) is 29.8 Å². The van der Waals surface area contributed by atoms with Gasteiger partial charge in [0.05, 0.1) is 17.6 Å². The summed E-state index contributed by atoms with van der Waals surface area (Å²) in [5.74, 6) is 2.90. The van der Waals surface area contributed by atoms with Gasteiger partial charge in [-0.3, -0.25) is 8.98 Å². The van der Waals surface area contributed by atoms with E-state index in [9.17, 15) is 13.2 Å². The number of Topliss-reactive ketones (excluding diaryl/α,β-unsaturated/α-hetero) is 1. The number of carbonyl (C=O) groups excluding carboxylic acids is 1. The molecule has 0 heterocycles. The molecule has 0 bridgehead atoms. The van der Waals surface area contributed by atoms with Crippen LogP contribution < -0.4 is 0 Å². The largest absolute Gasteiger partial charge is 0.378 e. The van der Waals surface area contributed by atoms with Crippen LogP contribution in [0.15, 0.2) is 40.8 Å². The van der Waals surface area contributed by atoms with Crippen molar-refractivity contribution in [1.82, 2.24) is 0 Å². The summed E-state index contributed by atoms with van der Waals surface area (Å²) in [7, 11) is -3.67. The third-order valence-corrected chi connectivity index (χ3v) is 12.8. The van der Waals surface area contributed by atoms with Crippen LogP contribution in [0.2, 0.25) is 0 Å². The summed E-state index contributed by atoms with van der Waals surface area (Å²) in [6.45, 7) is 9.72. The zero-order valence-electron chi connectivity index (χ0n) is 25.1. The van der Waals surface area contributed by atoms with E-state index in [1.165, 1.54) is 32.1 Å². The van der Waals surface area contributed by atoms with Crippen molar-refractivity contribution in [3.8, 4) is 0 Å². The molecule has 0 aliphatic heterocycles. The molecule has 0 saturated heterocycles. The SMILES string of the molecule is CC(=O)[C@H]1CC[C@H]2[C@@H]3CC=C4CC(OCCCCCCOS(=O)(=O)c5ccc(C)cc5)CC[C@]4(C)[C@H]3CC[C@]12C. The van der Waals surface area contributed by atoms with Gasteiger partial charge in [0, 0.05) is 12.5 Å². The first-order valence-corrected chi connectivity index (χ1v) is 17.2. The lowest BCUT2D eigenvalue weighted by atomic mass is 9.47. The Labute approximate surface area is 242 Å². The average Bonchev–Trinajstić information content (AvgIpc) is 3.28. The molecule has 7 atom stereocenters. The van der Waals surface area contributed by atoms with Crippen LogP contribution in [0.5, 0.6) is 0 Å². The molecular formula is C34H50O5S. The molecule has 4 aliphatic carbocycles. The molecule has 0 spiro atoms. The summed E-state index contributed by atoms with van der Waals surface area (Å²) < 4.78 is 36.2. The molecule has 0 radical (unpaired) electrons. The molecule has 0 amide bonds. The number of aryl methyl sites for hydroxylation is 1. The number of benzene rings is 1. The van der Waals surface area contributed by atoms with Crippen LogP contribution in [0.25, 0.3) is 0 Å². The van der Waals surface area contributed by atoms with E-state index < -0.39 is 10.1 Å². The second-order valence-electron chi connectivity index (χ2n) is 13.8. The molecule has 3 saturated carbocycles. The molecule has 1 aromatic carbocycles. The van der Waals surface area contributed by atoms with Crippen LogP contribution >= 0.6 is 0 Å². The summed E-state index contributed by atoms with van der Waals surface area (Å²) in [4.78, 5) is 12.6. The monoisotopic (exact) mass is 570 g/mol. The Kier molecular flexibility index (Phi) is 9.00. The highest BCUT2D eigenvalue weighted by Gasteiger charge is 2.59. The van der Waals surface area contributed by atoms with Crippen molar-refractivity contribution in [2.24, 2.45) is 34.5 Å². The van der Waals surface area contributed by atoms with E-state index >= 15 is 0 Å². The molecule has 222 valence electrons. The van der Waals surface area contributed by atoms with Gasteiger partial charge in [-0.25, -0.2) is 0 Å². The maximum absolute atomic E-state index is 12.4. The molecule has 5 nitrogen and oxygen atoms in total. The number of fused-ring (bicyclic) bond motifs is 5. The highest BCUT2D eigenvalue weighted by molar-refractivity contribution is 7.86. The van der Waals surface area contributed by atoms with Crippen molar-refractivity contribution >= 4 is 15.9 Å². The molecule has 5 rings (SSSR count). The fourth-order valence-electron chi connectivity index (χ4n) is 9.19. The van der Waals surface area contributed by atoms with Gasteiger partial charge in [0.25, 0.3) is 10.1 Å². The Morgan fingerprint density at radius 1 is 0.925 bits per heavy atom. The van der Waals surface area contributed by atoms with Gasteiger partial charge >= 0.3 is 0 Å². The predicted octanol–water partition coefficient (Wildman–Crippen LogP) is 7.81. The van der Waals surface area contributed by atoms with Crippen LogP contribution in [-0.2, 0) is 23.8 Å². The van der Waals surface area contributed by atoms with Gasteiger partial charge in [0.15, 0.2) is 0 Å². The molecule has 4 aliphatic rings. The minimum Gasteiger partial charge on any atom is -0.378 e. The lowest BCUT2D eigenvalue weighted by Crippen LogP contribution is -2.51. The van der Waals surface area contributed by atoms with Gasteiger partial charge in [-0.2, -0.15) is 8.42 Å². The number of unbranched alkanes of at least 4 members (excludes halogenated alkanes) is 3. The number of carbonyl (C=O) groups is 1. The Bertz CT molecular complexity index is 1190. The number of rotatable bonds is 11. The zero-order chi connectivity index (χ0) is 28.5. The minimum absolute atomic E-state index is 0.219. The molecule has 40 heavy (non-hydrogen) atoms. The van der Waals surface area contributed by atoms with E-state index in [0.717, 1.165) is 69.0 Å². The summed E-state index contributed by atoms with van der Waals surface area (Å²) in [6.07, 6.45) is 16.0. The summed E-state index contributed by atoms with van der Waals surface area (Å²) in [5.41, 5.74) is 3.19. The van der Waals surface area contributed by atoms with E-state index in [0.29, 0.717) is 23.2 Å². The number of hydrogen-bond donors (Lipinski definition) is 0. The van der Waals surface area contributed by atoms with Crippen LogP contribution in [0, 0.1) is 41.4 Å². The maximum Gasteiger partial charge on any atom is 0.296 e. The second kappa shape index (κ2) is 12.0. The van der Waals surface area contributed by atoms with E-state index in [-0.39, 0.29) is 22.8 Å². The van der Waals surface area contributed by atoms with Crippen LogP contribution in [-0.4, -0.2) is 33.5 Å². The van der Waals surface area contributed by atoms with Gasteiger partial charge in [-0.15, -0.1) is 0 Å². The molecule has 6 heteroatoms. The van der Waals surface area contributed by atoms with Gasteiger partial charge < -0.3 is 4.74 Å². The van der Waals surface area contributed by atoms with Crippen molar-refractivity contribution < 1.29 is 22.1 Å². The zero-order valence-corrected chi connectivity index (χ0v) is 25.9. The third-order valence-electron chi connectivity index (χ3n) is 11.5. The fraction of sp³-hybridized carbons (Fsp3) is 0.735. The lowest BCUT2D eigenvalue weighted by molar-refractivity contribution is -0.127. The number of hydrogen-bond acceptors (Lipinski definition) is 5. The van der Waals surface area contributed by atoms with Gasteiger partial charge in [0.1, 0.15) is 5.78 Å². The number of allylic oxidation sites excluding steroid dienone is 1. The van der Waals surface area contributed by atoms with Crippen molar-refractivity contribution in [3.05, 3.63) is 41.5 Å². The van der Waals surface area contributed by atoms with Crippen molar-refractivity contribution in [2.75, 3.05) is 13.2 Å². The van der Waals surface area contributed by atoms with E-state index in [4.69, 9.17) is 8.92 Å². The molecule has 0 N–H and O–H groups in total. The van der Waals surface area contributed by atoms with Crippen LogP contribution in [0.4, 0.5) is 0 Å². The average molecular weight is 571 g/mol. The van der Waals surface area contributed by atoms with Gasteiger partial charge in [-0.1, -0.05) is 56.0 Å². The van der Waals surface area contributed by atoms with Crippen molar-refractivity contribution in [1.29, 1.82) is 0 Å². The molecule has 0 aromatic heterocycles. The fourth-order valence-corrected chi connectivity index (χ4v) is 10.1. The molecule has 1 aromatic rings. The topological polar surface area (TPSA) is 69.7 Å². The third kappa shape index (κ3) is 5.87. The molecule has 3 fully saturated rings. The minimum atomic E-state index is -3.67. The van der Waals surface area contributed by atoms with Crippen molar-refractivity contribution in [2.45, 2.75) is 116 Å². The Morgan fingerprint density at radius 2 is 1.65 bits per heavy atom. The lowest BCUT2D eigenvalue weighted by Gasteiger charge is -2.58. The van der Waals surface area contributed by atoms with E-state index in [1.807, 2.05) is 13.8 Å². The van der Waals surface area contributed by atoms with Gasteiger partial charge in [0.2, 0.25) is 0 Å². The predicted molar refractivity (Wildman–Crippen MR) is 158 cm³/mol. The Hall–Kier alpha value is -1.50. The summed E-state index contributed by atoms with van der Waals surface area (Å²) >= 11 is 0. The first kappa shape index (κ1) is 30.0. The first-order chi connectivity index (χ1) is 19.0. The highest BCUT2D eigenvalue weighted by Crippen LogP contribution is 2.66. The maximum atomic E-state index is 12.4. The Morgan fingerprint density at radius 3 is 2.38 bits per heavy atom. The normalized spacial score (nSPS) is 35.4. The van der Waals surface area contributed by atoms with Gasteiger partial charge in [-0.05, 0) is 119 Å². The van der Waals surface area contributed by atoms with E-state index in [2.05, 4.69) is 19.9 Å². The van der Waals surface area contributed by atoms with Crippen LogP contribution in [0.3, 0.4) is 0 Å². The van der Waals surface area contributed by atoms with Crippen molar-refractivity contribution in [3.63, 3.8) is 0 Å². The quantitative estimate of drug-likeness (QED) is 0.154. The first-order valence-electron chi connectivity index (χ1n) is 15.8. The smallest absolute Gasteiger partial charge is 0.296 e. The second-order valence-corrected chi connectivity index (χ2v) is 15.4. The Balaban J connectivity index is 1.03. The molecule has 1 unspecified atom stereocenters. The number of ether oxygens (including phenoxy) is 1. The highest BCUT2D eigenvalue weighted by atomic mass is 32.2. The molecular weight excluding hydrogens is 520 g/mol. The number of ketones is 1. The summed E-state index contributed by atoms with van der Waals surface area (Å²) in [6, 6.07) is 6.78. The standard InChI is InChI=1S/C34H50O5S/c1-24-9-12-28(13-10-24)40(36,37)39-22-8-6-5-7-21-38-27-17-19-33(3)26(23-27)11-14-29-31-16-15-30(25(2)35)34(31,4)20-18-32(29)33/h9-13,27,29-32H,5-8,14-23H2,1-4H3/t27?,29-,30+,31-,32-,33-,34+/m0/s1.